The van der Waals surface area contributed by atoms with Crippen molar-refractivity contribution in [3.05, 3.63) is 22.5 Å². The molecule has 3 nitrogen and oxygen atoms in total. The van der Waals surface area contributed by atoms with Gasteiger partial charge in [-0.2, -0.15) is 0 Å². The van der Waals surface area contributed by atoms with Crippen LogP contribution in [0, 0.1) is 20.8 Å². The van der Waals surface area contributed by atoms with Crippen LogP contribution in [0.4, 0.5) is 0 Å². The first-order valence-electron chi connectivity index (χ1n) is 3.82. The van der Waals surface area contributed by atoms with Gasteiger partial charge < -0.3 is 9.67 Å². The number of aromatic carboxylic acids is 1. The van der Waals surface area contributed by atoms with Crippen molar-refractivity contribution in [2.75, 3.05) is 0 Å². The van der Waals surface area contributed by atoms with Gasteiger partial charge >= 0.3 is 5.97 Å². The van der Waals surface area contributed by atoms with Crippen LogP contribution in [-0.2, 0) is 27.5 Å². The second-order valence-electron chi connectivity index (χ2n) is 3.03. The molecule has 0 amide bonds. The quantitative estimate of drug-likeness (QED) is 0.834. The van der Waals surface area contributed by atoms with Gasteiger partial charge in [0.25, 0.3) is 0 Å². The van der Waals surface area contributed by atoms with E-state index in [0.29, 0.717) is 5.56 Å². The van der Waals surface area contributed by atoms with Crippen LogP contribution in [0.2, 0.25) is 0 Å². The average molecular weight is 353 g/mol. The van der Waals surface area contributed by atoms with Gasteiger partial charge in [0.1, 0.15) is 0 Å². The first-order valence-corrected chi connectivity index (χ1v) is 3.82. The van der Waals surface area contributed by atoms with E-state index in [1.165, 1.54) is 0 Å². The largest absolute Gasteiger partial charge is 0.478 e. The van der Waals surface area contributed by atoms with Gasteiger partial charge in [0.2, 0.25) is 0 Å². The fraction of sp³-hybridized carbons (Fsp3) is 0.444. The predicted molar refractivity (Wildman–Crippen MR) is 46.6 cm³/mol. The van der Waals surface area contributed by atoms with Gasteiger partial charge in [0, 0.05) is 38.9 Å². The zero-order chi connectivity index (χ0) is 9.46. The van der Waals surface area contributed by atoms with E-state index in [-0.39, 0.29) is 20.4 Å². The van der Waals surface area contributed by atoms with Gasteiger partial charge in [0.05, 0.1) is 5.56 Å². The van der Waals surface area contributed by atoms with Crippen molar-refractivity contribution in [2.45, 2.75) is 20.8 Å². The monoisotopic (exact) mass is 354 g/mol. The van der Waals surface area contributed by atoms with Crippen molar-refractivity contribution in [3.63, 3.8) is 0 Å². The summed E-state index contributed by atoms with van der Waals surface area (Å²) in [5.41, 5.74) is 3.14. The van der Waals surface area contributed by atoms with Gasteiger partial charge in [0.15, 0.2) is 0 Å². The summed E-state index contributed by atoms with van der Waals surface area (Å²) in [6.45, 7) is 5.59. The molecule has 0 aliphatic carbocycles. The molecule has 0 aliphatic heterocycles. The molecular weight excluding hydrogens is 340 g/mol. The van der Waals surface area contributed by atoms with Gasteiger partial charge in [-0.15, -0.1) is 0 Å². The summed E-state index contributed by atoms with van der Waals surface area (Å²) in [4.78, 5) is 10.8. The van der Waals surface area contributed by atoms with E-state index < -0.39 is 5.97 Å². The molecule has 1 heterocycles. The Morgan fingerprint density at radius 3 is 1.85 bits per heavy atom. The van der Waals surface area contributed by atoms with E-state index in [9.17, 15) is 4.79 Å². The van der Waals surface area contributed by atoms with E-state index in [4.69, 9.17) is 5.11 Å². The third-order valence-electron chi connectivity index (χ3n) is 2.50. The van der Waals surface area contributed by atoms with Crippen LogP contribution in [0.1, 0.15) is 27.3 Å². The van der Waals surface area contributed by atoms with Crippen LogP contribution >= 0.6 is 0 Å². The minimum absolute atomic E-state index is 0. The van der Waals surface area contributed by atoms with Crippen LogP contribution in [0.5, 0.6) is 0 Å². The first kappa shape index (κ1) is 12.4. The molecule has 1 rings (SSSR count). The van der Waals surface area contributed by atoms with Crippen molar-refractivity contribution in [2.24, 2.45) is 7.05 Å². The third kappa shape index (κ3) is 1.84. The maximum atomic E-state index is 10.8. The minimum Gasteiger partial charge on any atom is -0.478 e. The fourth-order valence-corrected chi connectivity index (χ4v) is 1.44. The molecule has 0 aromatic carbocycles. The van der Waals surface area contributed by atoms with Crippen molar-refractivity contribution in [3.8, 4) is 0 Å². The molecule has 4 heteroatoms. The topological polar surface area (TPSA) is 42.2 Å². The molecular formula is C9H13NO2Re. The van der Waals surface area contributed by atoms with Crippen LogP contribution in [0.3, 0.4) is 0 Å². The molecule has 0 unspecified atom stereocenters. The number of rotatable bonds is 1. The van der Waals surface area contributed by atoms with Gasteiger partial charge in [-0.1, -0.05) is 0 Å². The summed E-state index contributed by atoms with van der Waals surface area (Å²) in [5, 5.41) is 8.87. The first-order chi connectivity index (χ1) is 5.46. The van der Waals surface area contributed by atoms with Gasteiger partial charge in [-0.25, -0.2) is 4.79 Å². The SMILES string of the molecule is Cc1c(C(=O)O)c(C)n(C)c1C.[Re]. The van der Waals surface area contributed by atoms with Crippen molar-refractivity contribution in [1.82, 2.24) is 4.57 Å². The molecule has 1 aromatic heterocycles. The molecule has 0 aliphatic rings. The average Bonchev–Trinajstić information content (AvgIpc) is 2.16. The van der Waals surface area contributed by atoms with Crippen molar-refractivity contribution in [1.29, 1.82) is 0 Å². The van der Waals surface area contributed by atoms with Crippen LogP contribution in [0.15, 0.2) is 0 Å². The van der Waals surface area contributed by atoms with Crippen LogP contribution < -0.4 is 0 Å². The predicted octanol–water partition coefficient (Wildman–Crippen LogP) is 1.65. The number of carboxylic acid groups (broad SMARTS) is 1. The second kappa shape index (κ2) is 4.08. The normalized spacial score (nSPS) is 9.54. The molecule has 0 saturated carbocycles. The molecule has 0 saturated heterocycles. The summed E-state index contributed by atoms with van der Waals surface area (Å²) in [6, 6.07) is 0. The van der Waals surface area contributed by atoms with E-state index >= 15 is 0 Å². The second-order valence-corrected chi connectivity index (χ2v) is 3.03. The van der Waals surface area contributed by atoms with E-state index in [1.54, 1.807) is 0 Å². The third-order valence-corrected chi connectivity index (χ3v) is 2.50. The minimum atomic E-state index is -0.839. The summed E-state index contributed by atoms with van der Waals surface area (Å²) in [7, 11) is 1.88. The maximum absolute atomic E-state index is 10.8. The van der Waals surface area contributed by atoms with Gasteiger partial charge in [-0.05, 0) is 26.3 Å². The van der Waals surface area contributed by atoms with Crippen LogP contribution in [-0.4, -0.2) is 15.6 Å². The Hall–Kier alpha value is -0.588. The Morgan fingerprint density at radius 2 is 1.69 bits per heavy atom. The molecule has 13 heavy (non-hydrogen) atoms. The molecule has 73 valence electrons. The Kier molecular flexibility index (Phi) is 3.90. The number of aromatic nitrogens is 1. The van der Waals surface area contributed by atoms with Crippen LogP contribution in [0.25, 0.3) is 0 Å². The summed E-state index contributed by atoms with van der Waals surface area (Å²) >= 11 is 0. The Bertz CT molecular complexity index is 316. The van der Waals surface area contributed by atoms with E-state index in [1.807, 2.05) is 32.4 Å². The zero-order valence-corrected chi connectivity index (χ0v) is 10.9. The maximum Gasteiger partial charge on any atom is 0.337 e. The zero-order valence-electron chi connectivity index (χ0n) is 8.18. The summed E-state index contributed by atoms with van der Waals surface area (Å²) < 4.78 is 1.90. The Balaban J connectivity index is 0.00000144. The Morgan fingerprint density at radius 1 is 1.23 bits per heavy atom. The van der Waals surface area contributed by atoms with E-state index in [0.717, 1.165) is 17.0 Å². The Labute approximate surface area is 91.4 Å². The fourth-order valence-electron chi connectivity index (χ4n) is 1.44. The van der Waals surface area contributed by atoms with E-state index in [2.05, 4.69) is 0 Å². The summed E-state index contributed by atoms with van der Waals surface area (Å²) in [6.07, 6.45) is 0. The molecule has 0 bridgehead atoms. The summed E-state index contributed by atoms with van der Waals surface area (Å²) in [5.74, 6) is -0.839. The smallest absolute Gasteiger partial charge is 0.337 e. The number of carboxylic acids is 1. The molecule has 1 N–H and O–H groups in total. The van der Waals surface area contributed by atoms with Crippen molar-refractivity contribution < 1.29 is 30.3 Å². The number of carbonyl (C=O) groups is 1. The van der Waals surface area contributed by atoms with Crippen molar-refractivity contribution >= 4 is 5.97 Å². The molecule has 0 atom stereocenters. The number of hydrogen-bond acceptors (Lipinski definition) is 1. The molecule has 1 radical (unpaired) electrons. The number of nitrogens with zero attached hydrogens (tertiary/aromatic N) is 1. The van der Waals surface area contributed by atoms with Gasteiger partial charge in [-0.3, -0.25) is 0 Å². The molecule has 0 fully saturated rings. The standard InChI is InChI=1S/C9H13NO2.Re/c1-5-6(2)10(4)7(3)8(5)9(11)12;/h1-4H3,(H,11,12);. The number of hydrogen-bond donors (Lipinski definition) is 1. The molecule has 0 spiro atoms. The molecule has 1 aromatic rings.